The van der Waals surface area contributed by atoms with Gasteiger partial charge in [-0.25, -0.2) is 4.79 Å². The van der Waals surface area contributed by atoms with Crippen LogP contribution in [0.3, 0.4) is 0 Å². The average Bonchev–Trinajstić information content (AvgIpc) is 2.32. The molecule has 0 aliphatic rings. The first-order valence-electron chi connectivity index (χ1n) is 4.99. The number of hydrogen-bond donors (Lipinski definition) is 0. The molecule has 0 saturated heterocycles. The van der Waals surface area contributed by atoms with E-state index in [1.807, 2.05) is 6.92 Å². The second-order valence-electron chi connectivity index (χ2n) is 3.18. The first-order chi connectivity index (χ1) is 8.54. The van der Waals surface area contributed by atoms with E-state index in [0.717, 1.165) is 0 Å². The maximum atomic E-state index is 11.4. The summed E-state index contributed by atoms with van der Waals surface area (Å²) in [6, 6.07) is 3.91. The number of carbonyl (C=O) groups excluding carboxylic acids is 1. The Morgan fingerprint density at radius 1 is 1.44 bits per heavy atom. The number of halogens is 1. The number of allylic oxidation sites excluding steroid dienone is 3. The summed E-state index contributed by atoms with van der Waals surface area (Å²) in [7, 11) is 0. The van der Waals surface area contributed by atoms with Gasteiger partial charge >= 0.3 is 5.97 Å². The third kappa shape index (κ3) is 4.14. The van der Waals surface area contributed by atoms with Crippen LogP contribution >= 0.6 is 15.9 Å². The lowest BCUT2D eigenvalue weighted by Gasteiger charge is -2.03. The van der Waals surface area contributed by atoms with E-state index in [1.165, 1.54) is 24.3 Å². The monoisotopic (exact) mass is 311 g/mol. The number of nitro groups is 1. The minimum atomic E-state index is -0.553. The number of esters is 1. The molecule has 0 aromatic heterocycles. The van der Waals surface area contributed by atoms with Crippen LogP contribution in [0.2, 0.25) is 0 Å². The highest BCUT2D eigenvalue weighted by molar-refractivity contribution is 9.10. The van der Waals surface area contributed by atoms with Crippen molar-refractivity contribution in [2.45, 2.75) is 6.92 Å². The van der Waals surface area contributed by atoms with E-state index in [2.05, 4.69) is 15.9 Å². The standard InChI is InChI=1S/C12H10BrNO4/c1-2-3-4-5-12(15)18-11-7-6-9(14(16)17)8-10(11)13/h2-8H,1H3. The van der Waals surface area contributed by atoms with Gasteiger partial charge in [-0.15, -0.1) is 0 Å². The second kappa shape index (κ2) is 6.70. The van der Waals surface area contributed by atoms with Gasteiger partial charge in [-0.1, -0.05) is 18.2 Å². The molecule has 0 fully saturated rings. The molecule has 0 atom stereocenters. The summed E-state index contributed by atoms with van der Waals surface area (Å²) < 4.78 is 5.35. The lowest BCUT2D eigenvalue weighted by Crippen LogP contribution is -2.04. The minimum Gasteiger partial charge on any atom is -0.422 e. The van der Waals surface area contributed by atoms with Crippen molar-refractivity contribution in [3.63, 3.8) is 0 Å². The largest absolute Gasteiger partial charge is 0.422 e. The summed E-state index contributed by atoms with van der Waals surface area (Å²) in [5, 5.41) is 10.5. The summed E-state index contributed by atoms with van der Waals surface area (Å²) in [5.74, 6) is -0.321. The van der Waals surface area contributed by atoms with Crippen LogP contribution in [0.4, 0.5) is 5.69 Å². The maximum Gasteiger partial charge on any atom is 0.336 e. The number of ether oxygens (including phenoxy) is 1. The van der Waals surface area contributed by atoms with Crippen LogP contribution in [-0.2, 0) is 4.79 Å². The zero-order valence-corrected chi connectivity index (χ0v) is 11.1. The highest BCUT2D eigenvalue weighted by atomic mass is 79.9. The summed E-state index contributed by atoms with van der Waals surface area (Å²) >= 11 is 3.11. The van der Waals surface area contributed by atoms with E-state index in [4.69, 9.17) is 4.74 Å². The lowest BCUT2D eigenvalue weighted by atomic mass is 10.3. The molecule has 1 rings (SSSR count). The smallest absolute Gasteiger partial charge is 0.336 e. The Balaban J connectivity index is 2.79. The average molecular weight is 312 g/mol. The van der Waals surface area contributed by atoms with Gasteiger partial charge in [0.1, 0.15) is 5.75 Å². The molecule has 18 heavy (non-hydrogen) atoms. The Kier molecular flexibility index (Phi) is 5.26. The normalized spacial score (nSPS) is 11.0. The number of nitrogens with zero attached hydrogens (tertiary/aromatic N) is 1. The molecule has 1 aromatic carbocycles. The molecule has 0 amide bonds. The maximum absolute atomic E-state index is 11.4. The van der Waals surface area contributed by atoms with Crippen molar-refractivity contribution in [1.82, 2.24) is 0 Å². The molecule has 94 valence electrons. The number of hydrogen-bond acceptors (Lipinski definition) is 4. The fourth-order valence-corrected chi connectivity index (χ4v) is 1.52. The summed E-state index contributed by atoms with van der Waals surface area (Å²) in [4.78, 5) is 21.4. The Labute approximate surface area is 112 Å². The van der Waals surface area contributed by atoms with Gasteiger partial charge in [-0.2, -0.15) is 0 Å². The van der Waals surface area contributed by atoms with Crippen LogP contribution < -0.4 is 4.74 Å². The van der Waals surface area contributed by atoms with E-state index in [0.29, 0.717) is 4.47 Å². The van der Waals surface area contributed by atoms with Gasteiger partial charge in [-0.05, 0) is 28.9 Å². The molecule has 0 heterocycles. The van der Waals surface area contributed by atoms with Gasteiger partial charge in [-0.3, -0.25) is 10.1 Å². The van der Waals surface area contributed by atoms with Crippen LogP contribution in [-0.4, -0.2) is 10.9 Å². The van der Waals surface area contributed by atoms with Crippen LogP contribution in [0.25, 0.3) is 0 Å². The second-order valence-corrected chi connectivity index (χ2v) is 4.03. The summed E-state index contributed by atoms with van der Waals surface area (Å²) in [6.07, 6.45) is 6.26. The molecule has 0 aliphatic carbocycles. The molecule has 0 unspecified atom stereocenters. The van der Waals surface area contributed by atoms with E-state index in [9.17, 15) is 14.9 Å². The SMILES string of the molecule is CC=CC=CC(=O)Oc1ccc([N+](=O)[O-])cc1Br. The third-order valence-electron chi connectivity index (χ3n) is 1.87. The molecule has 0 aliphatic heterocycles. The van der Waals surface area contributed by atoms with Crippen LogP contribution in [0.1, 0.15) is 6.92 Å². The molecule has 1 aromatic rings. The molecule has 5 nitrogen and oxygen atoms in total. The first-order valence-corrected chi connectivity index (χ1v) is 5.79. The zero-order chi connectivity index (χ0) is 13.5. The predicted octanol–water partition coefficient (Wildman–Crippen LogP) is 3.40. The lowest BCUT2D eigenvalue weighted by molar-refractivity contribution is -0.384. The molecule has 0 spiro atoms. The van der Waals surface area contributed by atoms with Crippen molar-refractivity contribution in [3.05, 3.63) is 57.1 Å². The molecular formula is C12H10BrNO4. The Hall–Kier alpha value is -1.95. The van der Waals surface area contributed by atoms with Crippen LogP contribution in [0.15, 0.2) is 47.0 Å². The molecular weight excluding hydrogens is 302 g/mol. The molecule has 6 heteroatoms. The topological polar surface area (TPSA) is 69.4 Å². The third-order valence-corrected chi connectivity index (χ3v) is 2.49. The van der Waals surface area contributed by atoms with Gasteiger partial charge in [0.25, 0.3) is 5.69 Å². The van der Waals surface area contributed by atoms with Gasteiger partial charge in [0.2, 0.25) is 0 Å². The van der Waals surface area contributed by atoms with Crippen molar-refractivity contribution in [3.8, 4) is 5.75 Å². The van der Waals surface area contributed by atoms with E-state index < -0.39 is 10.9 Å². The Morgan fingerprint density at radius 3 is 2.72 bits per heavy atom. The zero-order valence-electron chi connectivity index (χ0n) is 9.50. The first kappa shape index (κ1) is 14.1. The predicted molar refractivity (Wildman–Crippen MR) is 70.4 cm³/mol. The van der Waals surface area contributed by atoms with Crippen molar-refractivity contribution in [2.24, 2.45) is 0 Å². The Bertz CT molecular complexity index is 523. The molecule has 0 saturated carbocycles. The molecule has 0 radical (unpaired) electrons. The number of non-ortho nitro benzene ring substituents is 1. The number of benzene rings is 1. The fraction of sp³-hybridized carbons (Fsp3) is 0.0833. The van der Waals surface area contributed by atoms with E-state index >= 15 is 0 Å². The van der Waals surface area contributed by atoms with Gasteiger partial charge in [0.15, 0.2) is 0 Å². The van der Waals surface area contributed by atoms with Crippen molar-refractivity contribution in [1.29, 1.82) is 0 Å². The molecule has 0 bridgehead atoms. The minimum absolute atomic E-state index is 0.0777. The van der Waals surface area contributed by atoms with Gasteiger partial charge in [0, 0.05) is 18.2 Å². The summed E-state index contributed by atoms with van der Waals surface area (Å²) in [5.41, 5.74) is -0.0777. The van der Waals surface area contributed by atoms with E-state index in [-0.39, 0.29) is 11.4 Å². The van der Waals surface area contributed by atoms with Crippen molar-refractivity contribution >= 4 is 27.6 Å². The quantitative estimate of drug-likeness (QED) is 0.213. The number of rotatable bonds is 4. The van der Waals surface area contributed by atoms with Crippen LogP contribution in [0, 0.1) is 10.1 Å². The van der Waals surface area contributed by atoms with Crippen molar-refractivity contribution < 1.29 is 14.5 Å². The highest BCUT2D eigenvalue weighted by Gasteiger charge is 2.11. The summed E-state index contributed by atoms with van der Waals surface area (Å²) in [6.45, 7) is 1.82. The molecule has 0 N–H and O–H groups in total. The fourth-order valence-electron chi connectivity index (χ4n) is 1.07. The highest BCUT2D eigenvalue weighted by Crippen LogP contribution is 2.29. The Morgan fingerprint density at radius 2 is 2.17 bits per heavy atom. The van der Waals surface area contributed by atoms with Crippen molar-refractivity contribution in [2.75, 3.05) is 0 Å². The van der Waals surface area contributed by atoms with Gasteiger partial charge in [0.05, 0.1) is 9.40 Å². The van der Waals surface area contributed by atoms with E-state index in [1.54, 1.807) is 18.2 Å². The van der Waals surface area contributed by atoms with Crippen LogP contribution in [0.5, 0.6) is 5.75 Å². The van der Waals surface area contributed by atoms with Gasteiger partial charge < -0.3 is 4.74 Å². The number of nitro benzene ring substituents is 1. The number of carbonyl (C=O) groups is 1.